The molecule has 1 heterocycles. The molecule has 6 nitrogen and oxygen atoms in total. The van der Waals surface area contributed by atoms with Crippen molar-refractivity contribution in [1.29, 1.82) is 0 Å². The molecule has 1 aliphatic carbocycles. The molecule has 17 heavy (non-hydrogen) atoms. The largest absolute Gasteiger partial charge is 0.468 e. The van der Waals surface area contributed by atoms with Crippen molar-refractivity contribution in [1.82, 2.24) is 20.5 Å². The number of H-pyrrole nitrogens is 1. The minimum Gasteiger partial charge on any atom is -0.468 e. The number of hydrogen-bond donors (Lipinski definition) is 2. The molecule has 2 N–H and O–H groups in total. The van der Waals surface area contributed by atoms with Gasteiger partial charge in [-0.2, -0.15) is 5.10 Å². The summed E-state index contributed by atoms with van der Waals surface area (Å²) in [5, 5.41) is 10.4. The van der Waals surface area contributed by atoms with Gasteiger partial charge in [-0.1, -0.05) is 11.8 Å². The Morgan fingerprint density at radius 3 is 3.00 bits per heavy atom. The number of nitrogens with zero attached hydrogens (tertiary/aromatic N) is 2. The summed E-state index contributed by atoms with van der Waals surface area (Å²) in [5.74, 6) is 0.751. The topological polar surface area (TPSA) is 79.9 Å². The first-order chi connectivity index (χ1) is 8.23. The third kappa shape index (κ3) is 2.44. The van der Waals surface area contributed by atoms with Gasteiger partial charge in [0.1, 0.15) is 11.9 Å². The van der Waals surface area contributed by atoms with Crippen LogP contribution >= 0.6 is 11.8 Å². The molecule has 1 aliphatic rings. The molecule has 0 radical (unpaired) electrons. The van der Waals surface area contributed by atoms with E-state index in [9.17, 15) is 4.79 Å². The number of aromatic amines is 1. The molecule has 94 valence electrons. The van der Waals surface area contributed by atoms with E-state index in [4.69, 9.17) is 4.74 Å². The van der Waals surface area contributed by atoms with Gasteiger partial charge in [-0.25, -0.2) is 4.98 Å². The van der Waals surface area contributed by atoms with Crippen molar-refractivity contribution in [2.45, 2.75) is 23.5 Å². The van der Waals surface area contributed by atoms with Gasteiger partial charge in [0, 0.05) is 5.75 Å². The molecule has 1 aromatic heterocycles. The monoisotopic (exact) mass is 256 g/mol. The van der Waals surface area contributed by atoms with E-state index in [2.05, 4.69) is 20.5 Å². The van der Waals surface area contributed by atoms with Crippen molar-refractivity contribution in [3.05, 3.63) is 6.33 Å². The van der Waals surface area contributed by atoms with Gasteiger partial charge in [-0.15, -0.1) is 0 Å². The number of carbonyl (C=O) groups is 1. The fraction of sp³-hybridized carbons (Fsp3) is 0.700. The Labute approximate surface area is 104 Å². The molecule has 0 aliphatic heterocycles. The minimum absolute atomic E-state index is 0.200. The zero-order chi connectivity index (χ0) is 12.3. The number of methoxy groups -OCH3 is 1. The SMILES string of the molecule is CNC(CSc1ncn[nH]1)(C(=O)OC)C1CC1. The number of ether oxygens (including phenoxy) is 1. The van der Waals surface area contributed by atoms with Gasteiger partial charge in [-0.3, -0.25) is 9.89 Å². The predicted molar refractivity (Wildman–Crippen MR) is 63.6 cm³/mol. The molecule has 0 saturated heterocycles. The highest BCUT2D eigenvalue weighted by Gasteiger charge is 2.51. The molecular formula is C10H16N4O2S. The number of likely N-dealkylation sites (N-methyl/N-ethyl adjacent to an activating group) is 1. The van der Waals surface area contributed by atoms with E-state index in [1.807, 2.05) is 0 Å². The minimum atomic E-state index is -0.605. The fourth-order valence-electron chi connectivity index (χ4n) is 1.93. The second-order valence-electron chi connectivity index (χ2n) is 4.07. The van der Waals surface area contributed by atoms with Crippen molar-refractivity contribution in [3.8, 4) is 0 Å². The van der Waals surface area contributed by atoms with Crippen LogP contribution in [0.1, 0.15) is 12.8 Å². The van der Waals surface area contributed by atoms with Gasteiger partial charge in [0.15, 0.2) is 5.16 Å². The van der Waals surface area contributed by atoms with Crippen LogP contribution in [0.3, 0.4) is 0 Å². The third-order valence-electron chi connectivity index (χ3n) is 3.10. The lowest BCUT2D eigenvalue weighted by Crippen LogP contribution is -2.55. The standard InChI is InChI=1S/C10H16N4O2S/c1-11-10(7-3-4-7,8(15)16-2)5-17-9-12-6-13-14-9/h6-7,11H,3-5H2,1-2H3,(H,12,13,14). The van der Waals surface area contributed by atoms with Crippen LogP contribution < -0.4 is 5.32 Å². The second-order valence-corrected chi connectivity index (χ2v) is 5.03. The van der Waals surface area contributed by atoms with Crippen LogP contribution in [0.4, 0.5) is 0 Å². The first-order valence-electron chi connectivity index (χ1n) is 5.48. The average molecular weight is 256 g/mol. The summed E-state index contributed by atoms with van der Waals surface area (Å²) in [6, 6.07) is 0. The molecular weight excluding hydrogens is 240 g/mol. The van der Waals surface area contributed by atoms with E-state index in [1.54, 1.807) is 7.05 Å². The van der Waals surface area contributed by atoms with Crippen molar-refractivity contribution >= 4 is 17.7 Å². The highest BCUT2D eigenvalue weighted by molar-refractivity contribution is 7.99. The number of nitrogens with one attached hydrogen (secondary N) is 2. The smallest absolute Gasteiger partial charge is 0.327 e. The van der Waals surface area contributed by atoms with E-state index < -0.39 is 5.54 Å². The zero-order valence-electron chi connectivity index (χ0n) is 9.90. The van der Waals surface area contributed by atoms with Crippen LogP contribution in [0.5, 0.6) is 0 Å². The summed E-state index contributed by atoms with van der Waals surface area (Å²) < 4.78 is 4.92. The number of thioether (sulfide) groups is 1. The predicted octanol–water partition coefficient (Wildman–Crippen LogP) is 0.438. The number of carbonyl (C=O) groups excluding carboxylic acids is 1. The molecule has 2 rings (SSSR count). The van der Waals surface area contributed by atoms with E-state index in [0.717, 1.165) is 12.8 Å². The summed E-state index contributed by atoms with van der Waals surface area (Å²) in [6.45, 7) is 0. The van der Waals surface area contributed by atoms with E-state index in [-0.39, 0.29) is 5.97 Å². The maximum absolute atomic E-state index is 12.0. The lowest BCUT2D eigenvalue weighted by molar-refractivity contribution is -0.148. The number of esters is 1. The molecule has 7 heteroatoms. The van der Waals surface area contributed by atoms with Gasteiger partial charge in [0.05, 0.1) is 7.11 Å². The van der Waals surface area contributed by atoms with Gasteiger partial charge < -0.3 is 10.1 Å². The van der Waals surface area contributed by atoms with Crippen LogP contribution in [0.2, 0.25) is 0 Å². The van der Waals surface area contributed by atoms with E-state index in [0.29, 0.717) is 16.8 Å². The first kappa shape index (κ1) is 12.4. The summed E-state index contributed by atoms with van der Waals surface area (Å²) >= 11 is 1.48. The van der Waals surface area contributed by atoms with Crippen LogP contribution in [-0.2, 0) is 9.53 Å². The first-order valence-corrected chi connectivity index (χ1v) is 6.47. The van der Waals surface area contributed by atoms with E-state index in [1.165, 1.54) is 25.2 Å². The molecule has 1 atom stereocenters. The van der Waals surface area contributed by atoms with Crippen molar-refractivity contribution in [2.24, 2.45) is 5.92 Å². The van der Waals surface area contributed by atoms with Crippen molar-refractivity contribution in [2.75, 3.05) is 19.9 Å². The molecule has 0 bridgehead atoms. The summed E-state index contributed by atoms with van der Waals surface area (Å²) in [4.78, 5) is 16.0. The van der Waals surface area contributed by atoms with Crippen LogP contribution in [0.25, 0.3) is 0 Å². The highest BCUT2D eigenvalue weighted by atomic mass is 32.2. The third-order valence-corrected chi connectivity index (χ3v) is 4.17. The summed E-state index contributed by atoms with van der Waals surface area (Å²) in [6.07, 6.45) is 3.58. The quantitative estimate of drug-likeness (QED) is 0.568. The lowest BCUT2D eigenvalue weighted by Gasteiger charge is -2.29. The molecule has 1 unspecified atom stereocenters. The van der Waals surface area contributed by atoms with Gasteiger partial charge in [-0.05, 0) is 25.8 Å². The average Bonchev–Trinajstić information content (AvgIpc) is 3.07. The maximum atomic E-state index is 12.0. The van der Waals surface area contributed by atoms with Gasteiger partial charge in [0.2, 0.25) is 0 Å². The normalized spacial score (nSPS) is 18.7. The van der Waals surface area contributed by atoms with Crippen LogP contribution in [0.15, 0.2) is 11.5 Å². The number of hydrogen-bond acceptors (Lipinski definition) is 6. The van der Waals surface area contributed by atoms with Crippen molar-refractivity contribution in [3.63, 3.8) is 0 Å². The molecule has 1 aromatic rings. The molecule has 1 fully saturated rings. The molecule has 1 saturated carbocycles. The Hall–Kier alpha value is -1.08. The van der Waals surface area contributed by atoms with Gasteiger partial charge in [0.25, 0.3) is 0 Å². The Kier molecular flexibility index (Phi) is 3.68. The fourth-order valence-corrected chi connectivity index (χ4v) is 3.03. The number of aromatic nitrogens is 3. The van der Waals surface area contributed by atoms with Crippen LogP contribution in [-0.4, -0.2) is 46.6 Å². The Balaban J connectivity index is 2.07. The zero-order valence-corrected chi connectivity index (χ0v) is 10.7. The highest BCUT2D eigenvalue weighted by Crippen LogP contribution is 2.42. The lowest BCUT2D eigenvalue weighted by atomic mass is 9.96. The Morgan fingerprint density at radius 2 is 2.53 bits per heavy atom. The maximum Gasteiger partial charge on any atom is 0.327 e. The molecule has 0 spiro atoms. The Bertz CT molecular complexity index is 380. The second kappa shape index (κ2) is 5.05. The molecule has 0 amide bonds. The van der Waals surface area contributed by atoms with Crippen LogP contribution in [0, 0.1) is 5.92 Å². The Morgan fingerprint density at radius 1 is 1.76 bits per heavy atom. The van der Waals surface area contributed by atoms with Crippen molar-refractivity contribution < 1.29 is 9.53 Å². The summed E-state index contributed by atoms with van der Waals surface area (Å²) in [7, 11) is 3.23. The summed E-state index contributed by atoms with van der Waals surface area (Å²) in [5.41, 5.74) is -0.605. The number of rotatable bonds is 6. The van der Waals surface area contributed by atoms with E-state index >= 15 is 0 Å². The molecule has 0 aromatic carbocycles. The van der Waals surface area contributed by atoms with Gasteiger partial charge >= 0.3 is 5.97 Å².